The molecule has 2 rings (SSSR count). The minimum Gasteiger partial charge on any atom is -0.326 e. The van der Waals surface area contributed by atoms with Gasteiger partial charge in [0.15, 0.2) is 0 Å². The number of urea groups is 1. The van der Waals surface area contributed by atoms with Crippen molar-refractivity contribution in [1.29, 1.82) is 0 Å². The molecule has 2 heterocycles. The normalized spacial score (nSPS) is 28.3. The van der Waals surface area contributed by atoms with E-state index in [-0.39, 0.29) is 18.1 Å². The summed E-state index contributed by atoms with van der Waals surface area (Å²) in [7, 11) is 0. The highest BCUT2D eigenvalue weighted by Gasteiger charge is 2.32. The fourth-order valence-electron chi connectivity index (χ4n) is 3.12. The number of nitrogens with two attached hydrogens (primary N) is 1. The summed E-state index contributed by atoms with van der Waals surface area (Å²) in [6, 6.07) is 0.549. The number of likely N-dealkylation sites (tertiary alicyclic amines) is 2. The third-order valence-corrected chi connectivity index (χ3v) is 4.46. The maximum absolute atomic E-state index is 12.6. The van der Waals surface area contributed by atoms with Crippen LogP contribution in [0.2, 0.25) is 0 Å². The average molecular weight is 253 g/mol. The van der Waals surface area contributed by atoms with Crippen LogP contribution in [-0.2, 0) is 0 Å². The molecule has 2 aliphatic heterocycles. The second-order valence-corrected chi connectivity index (χ2v) is 6.07. The zero-order chi connectivity index (χ0) is 13.1. The van der Waals surface area contributed by atoms with Crippen LogP contribution in [0, 0.1) is 5.92 Å². The lowest BCUT2D eigenvalue weighted by Gasteiger charge is -2.42. The van der Waals surface area contributed by atoms with Crippen molar-refractivity contribution in [3.63, 3.8) is 0 Å². The van der Waals surface area contributed by atoms with Gasteiger partial charge in [-0.05, 0) is 44.9 Å². The summed E-state index contributed by atoms with van der Waals surface area (Å²) < 4.78 is 0. The molecular formula is C14H27N3O. The van der Waals surface area contributed by atoms with Crippen LogP contribution in [0.5, 0.6) is 0 Å². The van der Waals surface area contributed by atoms with Crippen molar-refractivity contribution < 1.29 is 4.79 Å². The maximum Gasteiger partial charge on any atom is 0.320 e. The molecule has 2 aliphatic rings. The van der Waals surface area contributed by atoms with Crippen LogP contribution in [0.15, 0.2) is 0 Å². The highest BCUT2D eigenvalue weighted by molar-refractivity contribution is 5.75. The molecule has 0 aromatic heterocycles. The van der Waals surface area contributed by atoms with Crippen LogP contribution >= 0.6 is 0 Å². The smallest absolute Gasteiger partial charge is 0.320 e. The Hall–Kier alpha value is -0.770. The lowest BCUT2D eigenvalue weighted by molar-refractivity contribution is 0.0961. The van der Waals surface area contributed by atoms with Gasteiger partial charge in [-0.15, -0.1) is 0 Å². The van der Waals surface area contributed by atoms with Crippen LogP contribution in [-0.4, -0.2) is 47.5 Å². The van der Waals surface area contributed by atoms with Crippen LogP contribution < -0.4 is 5.73 Å². The highest BCUT2D eigenvalue weighted by atomic mass is 16.2. The minimum absolute atomic E-state index is 0.0814. The number of hydrogen-bond donors (Lipinski definition) is 1. The van der Waals surface area contributed by atoms with Gasteiger partial charge >= 0.3 is 6.03 Å². The van der Waals surface area contributed by atoms with Gasteiger partial charge in [-0.3, -0.25) is 0 Å². The van der Waals surface area contributed by atoms with Crippen LogP contribution in [0.1, 0.15) is 46.0 Å². The first-order valence-electron chi connectivity index (χ1n) is 7.40. The molecule has 0 radical (unpaired) electrons. The summed E-state index contributed by atoms with van der Waals surface area (Å²) in [6.45, 7) is 7.02. The summed E-state index contributed by atoms with van der Waals surface area (Å²) >= 11 is 0. The molecule has 0 bridgehead atoms. The molecule has 2 N–H and O–H groups in total. The third kappa shape index (κ3) is 2.97. The van der Waals surface area contributed by atoms with Gasteiger partial charge in [-0.1, -0.05) is 6.92 Å². The fraction of sp³-hybridized carbons (Fsp3) is 0.929. The SMILES string of the molecule is CC1CCN(C(=O)N2CCCCC2C(C)N)CC1. The first-order chi connectivity index (χ1) is 8.59. The molecule has 18 heavy (non-hydrogen) atoms. The zero-order valence-electron chi connectivity index (χ0n) is 11.8. The van der Waals surface area contributed by atoms with Gasteiger partial charge in [-0.2, -0.15) is 0 Å². The number of nitrogens with zero attached hydrogens (tertiary/aromatic N) is 2. The lowest BCUT2D eigenvalue weighted by Crippen LogP contribution is -2.56. The summed E-state index contributed by atoms with van der Waals surface area (Å²) in [6.07, 6.45) is 5.67. The molecule has 4 heteroatoms. The molecule has 0 aromatic rings. The number of rotatable bonds is 1. The van der Waals surface area contributed by atoms with E-state index in [9.17, 15) is 4.79 Å². The van der Waals surface area contributed by atoms with Gasteiger partial charge in [0.25, 0.3) is 0 Å². The van der Waals surface area contributed by atoms with Crippen molar-refractivity contribution in [2.75, 3.05) is 19.6 Å². The maximum atomic E-state index is 12.6. The Bertz CT molecular complexity index is 285. The molecule has 0 aliphatic carbocycles. The van der Waals surface area contributed by atoms with Crippen LogP contribution in [0.25, 0.3) is 0 Å². The second-order valence-electron chi connectivity index (χ2n) is 6.07. The molecule has 2 fully saturated rings. The Morgan fingerprint density at radius 2 is 1.83 bits per heavy atom. The fourth-order valence-corrected chi connectivity index (χ4v) is 3.12. The highest BCUT2D eigenvalue weighted by Crippen LogP contribution is 2.23. The van der Waals surface area contributed by atoms with Gasteiger partial charge in [0.2, 0.25) is 0 Å². The van der Waals surface area contributed by atoms with Gasteiger partial charge in [0.05, 0.1) is 0 Å². The van der Waals surface area contributed by atoms with Gasteiger partial charge in [0.1, 0.15) is 0 Å². The van der Waals surface area contributed by atoms with E-state index in [0.717, 1.165) is 51.2 Å². The molecule has 2 amide bonds. The summed E-state index contributed by atoms with van der Waals surface area (Å²) in [5.41, 5.74) is 6.03. The molecule has 4 nitrogen and oxygen atoms in total. The van der Waals surface area contributed by atoms with Crippen molar-refractivity contribution in [2.24, 2.45) is 11.7 Å². The molecule has 2 unspecified atom stereocenters. The zero-order valence-corrected chi connectivity index (χ0v) is 11.8. The number of amides is 2. The van der Waals surface area contributed by atoms with Gasteiger partial charge in [0, 0.05) is 31.7 Å². The van der Waals surface area contributed by atoms with E-state index >= 15 is 0 Å². The first kappa shape index (κ1) is 13.7. The van der Waals surface area contributed by atoms with E-state index in [2.05, 4.69) is 6.92 Å². The Morgan fingerprint density at radius 3 is 2.44 bits per heavy atom. The molecule has 104 valence electrons. The lowest BCUT2D eigenvalue weighted by atomic mass is 9.96. The Morgan fingerprint density at radius 1 is 1.17 bits per heavy atom. The predicted molar refractivity (Wildman–Crippen MR) is 73.4 cm³/mol. The minimum atomic E-state index is 0.0814. The second kappa shape index (κ2) is 5.91. The first-order valence-corrected chi connectivity index (χ1v) is 7.40. The average Bonchev–Trinajstić information content (AvgIpc) is 2.39. The predicted octanol–water partition coefficient (Wildman–Crippen LogP) is 2.04. The van der Waals surface area contributed by atoms with Crippen molar-refractivity contribution in [2.45, 2.75) is 58.0 Å². The summed E-state index contributed by atoms with van der Waals surface area (Å²) in [5, 5.41) is 0. The number of hydrogen-bond acceptors (Lipinski definition) is 2. The summed E-state index contributed by atoms with van der Waals surface area (Å²) in [4.78, 5) is 16.6. The monoisotopic (exact) mass is 253 g/mol. The number of carbonyl (C=O) groups is 1. The standard InChI is InChI=1S/C14H27N3O/c1-11-6-9-16(10-7-11)14(18)17-8-4-3-5-13(17)12(2)15/h11-13H,3-10,15H2,1-2H3. The van der Waals surface area contributed by atoms with E-state index in [1.807, 2.05) is 16.7 Å². The van der Waals surface area contributed by atoms with Crippen molar-refractivity contribution in [3.8, 4) is 0 Å². The molecule has 0 saturated carbocycles. The Labute approximate surface area is 110 Å². The quantitative estimate of drug-likeness (QED) is 0.777. The van der Waals surface area contributed by atoms with E-state index in [1.165, 1.54) is 6.42 Å². The Kier molecular flexibility index (Phi) is 4.49. The Balaban J connectivity index is 1.97. The van der Waals surface area contributed by atoms with E-state index in [1.54, 1.807) is 0 Å². The van der Waals surface area contributed by atoms with Crippen LogP contribution in [0.3, 0.4) is 0 Å². The number of carbonyl (C=O) groups excluding carboxylic acids is 1. The van der Waals surface area contributed by atoms with E-state index in [0.29, 0.717) is 0 Å². The largest absolute Gasteiger partial charge is 0.326 e. The van der Waals surface area contributed by atoms with Crippen molar-refractivity contribution in [3.05, 3.63) is 0 Å². The van der Waals surface area contributed by atoms with Gasteiger partial charge in [-0.25, -0.2) is 4.79 Å². The molecule has 2 saturated heterocycles. The van der Waals surface area contributed by atoms with Crippen molar-refractivity contribution >= 4 is 6.03 Å². The van der Waals surface area contributed by atoms with Crippen molar-refractivity contribution in [1.82, 2.24) is 9.80 Å². The third-order valence-electron chi connectivity index (χ3n) is 4.46. The molecular weight excluding hydrogens is 226 g/mol. The topological polar surface area (TPSA) is 49.6 Å². The van der Waals surface area contributed by atoms with E-state index in [4.69, 9.17) is 5.73 Å². The molecule has 2 atom stereocenters. The van der Waals surface area contributed by atoms with Crippen LogP contribution in [0.4, 0.5) is 4.79 Å². The summed E-state index contributed by atoms with van der Waals surface area (Å²) in [5.74, 6) is 0.764. The van der Waals surface area contributed by atoms with Gasteiger partial charge < -0.3 is 15.5 Å². The molecule has 0 aromatic carbocycles. The molecule has 0 spiro atoms. The van der Waals surface area contributed by atoms with E-state index < -0.39 is 0 Å². The number of piperidine rings is 2.